The summed E-state index contributed by atoms with van der Waals surface area (Å²) in [6, 6.07) is 12.2. The van der Waals surface area contributed by atoms with Crippen molar-refractivity contribution in [3.63, 3.8) is 0 Å². The molecule has 0 fully saturated rings. The molecule has 0 saturated heterocycles. The summed E-state index contributed by atoms with van der Waals surface area (Å²) < 4.78 is 43.9. The SMILES string of the molecule is COC1=NN(C)C(O)N1c1ccccc1CO/N=C(\C)c1cccc(C(F)(F)F)c1. The van der Waals surface area contributed by atoms with Gasteiger partial charge in [-0.1, -0.05) is 35.5 Å². The lowest BCUT2D eigenvalue weighted by Gasteiger charge is -2.26. The van der Waals surface area contributed by atoms with Gasteiger partial charge >= 0.3 is 12.2 Å². The van der Waals surface area contributed by atoms with Crippen LogP contribution in [0.1, 0.15) is 23.6 Å². The van der Waals surface area contributed by atoms with Gasteiger partial charge < -0.3 is 14.7 Å². The van der Waals surface area contributed by atoms with E-state index in [2.05, 4.69) is 10.3 Å². The van der Waals surface area contributed by atoms with Gasteiger partial charge in [-0.25, -0.2) is 9.91 Å². The average Bonchev–Trinajstić information content (AvgIpc) is 3.01. The monoisotopic (exact) mass is 422 g/mol. The minimum Gasteiger partial charge on any atom is -0.467 e. The highest BCUT2D eigenvalue weighted by Crippen LogP contribution is 2.30. The van der Waals surface area contributed by atoms with E-state index in [1.54, 1.807) is 38.2 Å². The Labute approximate surface area is 171 Å². The van der Waals surface area contributed by atoms with E-state index in [9.17, 15) is 18.3 Å². The number of rotatable bonds is 5. The average molecular weight is 422 g/mol. The van der Waals surface area contributed by atoms with Crippen molar-refractivity contribution in [2.45, 2.75) is 26.1 Å². The molecule has 1 aliphatic rings. The third kappa shape index (κ3) is 4.48. The molecule has 10 heteroatoms. The van der Waals surface area contributed by atoms with E-state index in [0.717, 1.165) is 12.1 Å². The first-order valence-electron chi connectivity index (χ1n) is 8.97. The van der Waals surface area contributed by atoms with Gasteiger partial charge in [-0.2, -0.15) is 13.2 Å². The van der Waals surface area contributed by atoms with Gasteiger partial charge in [0.2, 0.25) is 6.35 Å². The number of aliphatic hydroxyl groups excluding tert-OH is 1. The molecule has 0 radical (unpaired) electrons. The highest BCUT2D eigenvalue weighted by Gasteiger charge is 2.34. The summed E-state index contributed by atoms with van der Waals surface area (Å²) in [4.78, 5) is 6.88. The Bertz CT molecular complexity index is 962. The first-order chi connectivity index (χ1) is 14.2. The molecule has 7 nitrogen and oxygen atoms in total. The molecule has 0 bridgehead atoms. The van der Waals surface area contributed by atoms with Crippen LogP contribution >= 0.6 is 0 Å². The predicted molar refractivity (Wildman–Crippen MR) is 106 cm³/mol. The normalized spacial score (nSPS) is 17.2. The van der Waals surface area contributed by atoms with Crippen LogP contribution in [0.25, 0.3) is 0 Å². The first-order valence-corrected chi connectivity index (χ1v) is 8.97. The first kappa shape index (κ1) is 21.4. The molecule has 160 valence electrons. The number of anilines is 1. The Balaban J connectivity index is 1.77. The van der Waals surface area contributed by atoms with Crippen LogP contribution in [0.2, 0.25) is 0 Å². The zero-order chi connectivity index (χ0) is 21.9. The maximum atomic E-state index is 12.9. The van der Waals surface area contributed by atoms with Crippen molar-refractivity contribution in [2.24, 2.45) is 10.3 Å². The minimum absolute atomic E-state index is 0.0242. The third-order valence-corrected chi connectivity index (χ3v) is 4.48. The van der Waals surface area contributed by atoms with Gasteiger partial charge in [-0.05, 0) is 30.7 Å². The van der Waals surface area contributed by atoms with Crippen molar-refractivity contribution in [3.05, 3.63) is 65.2 Å². The number of nitrogens with zero attached hydrogens (tertiary/aromatic N) is 4. The van der Waals surface area contributed by atoms with Crippen LogP contribution in [0.15, 0.2) is 58.8 Å². The largest absolute Gasteiger partial charge is 0.467 e. The number of ether oxygens (including phenoxy) is 1. The minimum atomic E-state index is -4.43. The molecular formula is C20H21F3N4O3. The lowest BCUT2D eigenvalue weighted by Crippen LogP contribution is -2.41. The van der Waals surface area contributed by atoms with Crippen LogP contribution in [0.5, 0.6) is 0 Å². The number of alkyl halides is 3. The number of amidine groups is 1. The zero-order valence-corrected chi connectivity index (χ0v) is 16.6. The van der Waals surface area contributed by atoms with Crippen LogP contribution in [0.4, 0.5) is 18.9 Å². The molecule has 30 heavy (non-hydrogen) atoms. The highest BCUT2D eigenvalue weighted by atomic mass is 19.4. The van der Waals surface area contributed by atoms with Crippen LogP contribution in [0.3, 0.4) is 0 Å². The van der Waals surface area contributed by atoms with Crippen LogP contribution in [-0.2, 0) is 22.4 Å². The number of methoxy groups -OCH3 is 1. The number of hydrazone groups is 1. The number of hydrogen-bond donors (Lipinski definition) is 1. The lowest BCUT2D eigenvalue weighted by molar-refractivity contribution is -0.137. The summed E-state index contributed by atoms with van der Waals surface area (Å²) in [5.41, 5.74) is 1.14. The molecular weight excluding hydrogens is 401 g/mol. The molecule has 0 amide bonds. The van der Waals surface area contributed by atoms with Crippen LogP contribution in [0, 0.1) is 0 Å². The second kappa shape index (κ2) is 8.62. The molecule has 1 aliphatic heterocycles. The topological polar surface area (TPSA) is 69.9 Å². The maximum Gasteiger partial charge on any atom is 0.416 e. The standard InChI is InChI=1S/C20H21F3N4O3/c1-13(14-8-6-9-16(11-14)20(21,22)23)25-30-12-15-7-4-5-10-17(15)27-18(29-3)24-26(2)19(27)28/h4-11,19,28H,12H2,1-3H3/b25-13+. The van der Waals surface area contributed by atoms with Crippen molar-refractivity contribution in [2.75, 3.05) is 19.1 Å². The van der Waals surface area contributed by atoms with E-state index in [1.165, 1.54) is 29.2 Å². The van der Waals surface area contributed by atoms with Gasteiger partial charge in [0.1, 0.15) is 6.61 Å². The van der Waals surface area contributed by atoms with Crippen LogP contribution < -0.4 is 4.90 Å². The van der Waals surface area contributed by atoms with E-state index >= 15 is 0 Å². The Morgan fingerprint density at radius 3 is 2.63 bits per heavy atom. The zero-order valence-electron chi connectivity index (χ0n) is 16.6. The fourth-order valence-corrected chi connectivity index (χ4v) is 2.91. The molecule has 1 N–H and O–H groups in total. The van der Waals surface area contributed by atoms with Crippen molar-refractivity contribution in [3.8, 4) is 0 Å². The van der Waals surface area contributed by atoms with Crippen molar-refractivity contribution in [1.29, 1.82) is 0 Å². The lowest BCUT2D eigenvalue weighted by atomic mass is 10.1. The van der Waals surface area contributed by atoms with Crippen molar-refractivity contribution in [1.82, 2.24) is 5.01 Å². The summed E-state index contributed by atoms with van der Waals surface area (Å²) >= 11 is 0. The number of para-hydroxylation sites is 1. The maximum absolute atomic E-state index is 12.9. The third-order valence-electron chi connectivity index (χ3n) is 4.48. The van der Waals surface area contributed by atoms with E-state index in [1.807, 2.05) is 0 Å². The molecule has 1 unspecified atom stereocenters. The smallest absolute Gasteiger partial charge is 0.416 e. The molecule has 0 spiro atoms. The fourth-order valence-electron chi connectivity index (χ4n) is 2.91. The summed E-state index contributed by atoms with van der Waals surface area (Å²) in [6.07, 6.45) is -5.49. The molecule has 3 rings (SSSR count). The Hall–Kier alpha value is -3.27. The number of oxime groups is 1. The van der Waals surface area contributed by atoms with Gasteiger partial charge in [-0.3, -0.25) is 0 Å². The van der Waals surface area contributed by atoms with E-state index in [-0.39, 0.29) is 12.6 Å². The Kier molecular flexibility index (Phi) is 6.16. The van der Waals surface area contributed by atoms with E-state index in [0.29, 0.717) is 22.5 Å². The Morgan fingerprint density at radius 2 is 1.93 bits per heavy atom. The highest BCUT2D eigenvalue weighted by molar-refractivity contribution is 5.98. The van der Waals surface area contributed by atoms with E-state index in [4.69, 9.17) is 9.57 Å². The molecule has 2 aromatic carbocycles. The molecule has 1 heterocycles. The number of aliphatic hydroxyl groups is 1. The van der Waals surface area contributed by atoms with Crippen LogP contribution in [-0.4, -0.2) is 42.4 Å². The van der Waals surface area contributed by atoms with Gasteiger partial charge in [0.25, 0.3) is 0 Å². The summed E-state index contributed by atoms with van der Waals surface area (Å²) in [6.45, 7) is 1.59. The summed E-state index contributed by atoms with van der Waals surface area (Å²) in [5.74, 6) is 0. The predicted octanol–water partition coefficient (Wildman–Crippen LogP) is 3.59. The number of benzene rings is 2. The second-order valence-electron chi connectivity index (χ2n) is 6.53. The van der Waals surface area contributed by atoms with Crippen molar-refractivity contribution >= 4 is 17.4 Å². The summed E-state index contributed by atoms with van der Waals surface area (Å²) in [7, 11) is 3.05. The second-order valence-corrected chi connectivity index (χ2v) is 6.53. The number of hydrogen-bond acceptors (Lipinski definition) is 7. The molecule has 2 aromatic rings. The summed E-state index contributed by atoms with van der Waals surface area (Å²) in [5, 5.41) is 19.8. The molecule has 1 atom stereocenters. The molecule has 0 saturated carbocycles. The van der Waals surface area contributed by atoms with Gasteiger partial charge in [0.15, 0.2) is 0 Å². The molecule has 0 aromatic heterocycles. The van der Waals surface area contributed by atoms with Crippen molar-refractivity contribution < 1.29 is 27.9 Å². The quantitative estimate of drug-likeness (QED) is 0.589. The van der Waals surface area contributed by atoms with Gasteiger partial charge in [-0.15, -0.1) is 5.10 Å². The number of halogens is 3. The van der Waals surface area contributed by atoms with Gasteiger partial charge in [0.05, 0.1) is 24.1 Å². The van der Waals surface area contributed by atoms with Gasteiger partial charge in [0, 0.05) is 12.6 Å². The fraction of sp³-hybridized carbons (Fsp3) is 0.300. The molecule has 0 aliphatic carbocycles. The Morgan fingerprint density at radius 1 is 1.20 bits per heavy atom. The van der Waals surface area contributed by atoms with E-state index < -0.39 is 18.1 Å².